The zero-order chi connectivity index (χ0) is 12.7. The number of nitrogens with one attached hydrogen (secondary N) is 1. The SMILES string of the molecule is CNCC(CCC(C)(C)OC)c1ccccc1. The van der Waals surface area contributed by atoms with Crippen LogP contribution in [0.25, 0.3) is 0 Å². The number of ether oxygens (including phenoxy) is 1. The molecule has 0 saturated carbocycles. The van der Waals surface area contributed by atoms with E-state index in [0.717, 1.165) is 19.4 Å². The van der Waals surface area contributed by atoms with Crippen molar-refractivity contribution >= 4 is 0 Å². The van der Waals surface area contributed by atoms with Crippen LogP contribution in [0.4, 0.5) is 0 Å². The van der Waals surface area contributed by atoms with Crippen molar-refractivity contribution < 1.29 is 4.74 Å². The molecular formula is C15H25NO. The predicted octanol–water partition coefficient (Wildman–Crippen LogP) is 3.19. The fraction of sp³-hybridized carbons (Fsp3) is 0.600. The molecule has 0 aliphatic heterocycles. The molecule has 0 aliphatic carbocycles. The molecule has 0 aromatic heterocycles. The second kappa shape index (κ2) is 6.77. The summed E-state index contributed by atoms with van der Waals surface area (Å²) in [6.45, 7) is 5.31. The van der Waals surface area contributed by atoms with Crippen molar-refractivity contribution in [2.75, 3.05) is 20.7 Å². The zero-order valence-electron chi connectivity index (χ0n) is 11.5. The Morgan fingerprint density at radius 3 is 2.41 bits per heavy atom. The van der Waals surface area contributed by atoms with Gasteiger partial charge in [0.15, 0.2) is 0 Å². The van der Waals surface area contributed by atoms with E-state index in [2.05, 4.69) is 49.5 Å². The third-order valence-corrected chi connectivity index (χ3v) is 3.37. The zero-order valence-corrected chi connectivity index (χ0v) is 11.5. The van der Waals surface area contributed by atoms with Gasteiger partial charge < -0.3 is 10.1 Å². The highest BCUT2D eigenvalue weighted by molar-refractivity contribution is 5.19. The minimum Gasteiger partial charge on any atom is -0.379 e. The third kappa shape index (κ3) is 4.88. The van der Waals surface area contributed by atoms with E-state index < -0.39 is 0 Å². The molecule has 0 bridgehead atoms. The Morgan fingerprint density at radius 2 is 1.88 bits per heavy atom. The summed E-state index contributed by atoms with van der Waals surface area (Å²) in [5, 5.41) is 3.28. The van der Waals surface area contributed by atoms with Crippen LogP contribution in [0, 0.1) is 0 Å². The minimum atomic E-state index is -0.0270. The molecule has 96 valence electrons. The number of likely N-dealkylation sites (N-methyl/N-ethyl adjacent to an activating group) is 1. The topological polar surface area (TPSA) is 21.3 Å². The van der Waals surface area contributed by atoms with Crippen molar-refractivity contribution in [3.05, 3.63) is 35.9 Å². The Kier molecular flexibility index (Phi) is 5.66. The van der Waals surface area contributed by atoms with Gasteiger partial charge >= 0.3 is 0 Å². The van der Waals surface area contributed by atoms with Crippen LogP contribution in [0.15, 0.2) is 30.3 Å². The lowest BCUT2D eigenvalue weighted by Crippen LogP contribution is -2.25. The molecule has 2 heteroatoms. The molecule has 0 fully saturated rings. The maximum atomic E-state index is 5.48. The van der Waals surface area contributed by atoms with Crippen LogP contribution in [0.2, 0.25) is 0 Å². The monoisotopic (exact) mass is 235 g/mol. The summed E-state index contributed by atoms with van der Waals surface area (Å²) in [4.78, 5) is 0. The lowest BCUT2D eigenvalue weighted by molar-refractivity contribution is 0.0124. The maximum absolute atomic E-state index is 5.48. The van der Waals surface area contributed by atoms with Gasteiger partial charge in [0.25, 0.3) is 0 Å². The molecule has 0 spiro atoms. The van der Waals surface area contributed by atoms with E-state index in [4.69, 9.17) is 4.74 Å². The second-order valence-electron chi connectivity index (χ2n) is 5.17. The van der Waals surface area contributed by atoms with Crippen molar-refractivity contribution in [2.24, 2.45) is 0 Å². The van der Waals surface area contributed by atoms with E-state index in [9.17, 15) is 0 Å². The first kappa shape index (κ1) is 14.2. The Hall–Kier alpha value is -0.860. The molecular weight excluding hydrogens is 210 g/mol. The summed E-state index contributed by atoms with van der Waals surface area (Å²) < 4.78 is 5.48. The van der Waals surface area contributed by atoms with Crippen LogP contribution in [-0.4, -0.2) is 26.3 Å². The minimum absolute atomic E-state index is 0.0270. The first-order chi connectivity index (χ1) is 8.09. The first-order valence-electron chi connectivity index (χ1n) is 6.34. The average molecular weight is 235 g/mol. The quantitative estimate of drug-likeness (QED) is 0.783. The molecule has 0 aliphatic rings. The van der Waals surface area contributed by atoms with Crippen LogP contribution in [-0.2, 0) is 4.74 Å². The molecule has 1 aromatic carbocycles. The smallest absolute Gasteiger partial charge is 0.0623 e. The van der Waals surface area contributed by atoms with Gasteiger partial charge in [0.2, 0.25) is 0 Å². The average Bonchev–Trinajstić information content (AvgIpc) is 2.35. The molecule has 1 atom stereocenters. The van der Waals surface area contributed by atoms with Crippen LogP contribution < -0.4 is 5.32 Å². The van der Waals surface area contributed by atoms with Gasteiger partial charge in [-0.3, -0.25) is 0 Å². The summed E-state index contributed by atoms with van der Waals surface area (Å²) in [6, 6.07) is 10.7. The molecule has 1 aromatic rings. The molecule has 0 heterocycles. The summed E-state index contributed by atoms with van der Waals surface area (Å²) in [5.74, 6) is 0.565. The fourth-order valence-corrected chi connectivity index (χ4v) is 1.98. The fourth-order valence-electron chi connectivity index (χ4n) is 1.98. The van der Waals surface area contributed by atoms with Gasteiger partial charge in [0.1, 0.15) is 0 Å². The molecule has 0 radical (unpaired) electrons. The van der Waals surface area contributed by atoms with E-state index in [1.54, 1.807) is 7.11 Å². The first-order valence-corrected chi connectivity index (χ1v) is 6.34. The molecule has 2 nitrogen and oxygen atoms in total. The standard InChI is InChI=1S/C15H25NO/c1-15(2,17-4)11-10-14(12-16-3)13-8-6-5-7-9-13/h5-9,14,16H,10-12H2,1-4H3. The van der Waals surface area contributed by atoms with Crippen molar-refractivity contribution in [1.29, 1.82) is 0 Å². The van der Waals surface area contributed by atoms with Gasteiger partial charge in [-0.1, -0.05) is 30.3 Å². The molecule has 17 heavy (non-hydrogen) atoms. The normalized spacial score (nSPS) is 13.6. The van der Waals surface area contributed by atoms with Crippen LogP contribution in [0.1, 0.15) is 38.2 Å². The summed E-state index contributed by atoms with van der Waals surface area (Å²) in [6.07, 6.45) is 2.22. The molecule has 0 amide bonds. The summed E-state index contributed by atoms with van der Waals surface area (Å²) in [7, 11) is 3.80. The molecule has 1 N–H and O–H groups in total. The van der Waals surface area contributed by atoms with Crippen LogP contribution in [0.3, 0.4) is 0 Å². The van der Waals surface area contributed by atoms with Gasteiger partial charge in [0, 0.05) is 13.7 Å². The van der Waals surface area contributed by atoms with Crippen molar-refractivity contribution in [2.45, 2.75) is 38.2 Å². The van der Waals surface area contributed by atoms with Crippen molar-refractivity contribution in [3.63, 3.8) is 0 Å². The largest absolute Gasteiger partial charge is 0.379 e. The van der Waals surface area contributed by atoms with Gasteiger partial charge in [-0.2, -0.15) is 0 Å². The highest BCUT2D eigenvalue weighted by atomic mass is 16.5. The number of hydrogen-bond acceptors (Lipinski definition) is 2. The Labute approximate surface area is 105 Å². The molecule has 0 saturated heterocycles. The maximum Gasteiger partial charge on any atom is 0.0623 e. The summed E-state index contributed by atoms with van der Waals surface area (Å²) in [5.41, 5.74) is 1.38. The van der Waals surface area contributed by atoms with Crippen molar-refractivity contribution in [1.82, 2.24) is 5.32 Å². The Balaban J connectivity index is 2.61. The van der Waals surface area contributed by atoms with E-state index in [1.807, 2.05) is 7.05 Å². The van der Waals surface area contributed by atoms with Gasteiger partial charge in [-0.05, 0) is 45.2 Å². The predicted molar refractivity (Wildman–Crippen MR) is 73.4 cm³/mol. The third-order valence-electron chi connectivity index (χ3n) is 3.37. The van der Waals surface area contributed by atoms with E-state index in [-0.39, 0.29) is 5.60 Å². The van der Waals surface area contributed by atoms with E-state index >= 15 is 0 Å². The number of methoxy groups -OCH3 is 1. The second-order valence-corrected chi connectivity index (χ2v) is 5.17. The van der Waals surface area contributed by atoms with Crippen LogP contribution >= 0.6 is 0 Å². The van der Waals surface area contributed by atoms with Crippen molar-refractivity contribution in [3.8, 4) is 0 Å². The lowest BCUT2D eigenvalue weighted by atomic mass is 9.89. The number of rotatable bonds is 7. The van der Waals surface area contributed by atoms with Crippen LogP contribution in [0.5, 0.6) is 0 Å². The lowest BCUT2D eigenvalue weighted by Gasteiger charge is -2.26. The molecule has 1 rings (SSSR count). The summed E-state index contributed by atoms with van der Waals surface area (Å²) >= 11 is 0. The Morgan fingerprint density at radius 1 is 1.24 bits per heavy atom. The molecule has 1 unspecified atom stereocenters. The number of benzene rings is 1. The Bertz CT molecular complexity index is 308. The van der Waals surface area contributed by atoms with Gasteiger partial charge in [-0.25, -0.2) is 0 Å². The highest BCUT2D eigenvalue weighted by Crippen LogP contribution is 2.25. The van der Waals surface area contributed by atoms with Gasteiger partial charge in [0.05, 0.1) is 5.60 Å². The van der Waals surface area contributed by atoms with E-state index in [1.165, 1.54) is 5.56 Å². The van der Waals surface area contributed by atoms with Gasteiger partial charge in [-0.15, -0.1) is 0 Å². The highest BCUT2D eigenvalue weighted by Gasteiger charge is 2.19. The number of hydrogen-bond donors (Lipinski definition) is 1. The van der Waals surface area contributed by atoms with E-state index in [0.29, 0.717) is 5.92 Å².